The zero-order valence-electron chi connectivity index (χ0n) is 11.8. The molecule has 0 aromatic heterocycles. The predicted octanol–water partition coefficient (Wildman–Crippen LogP) is 2.57. The highest BCUT2D eigenvalue weighted by molar-refractivity contribution is 5.79. The zero-order valence-corrected chi connectivity index (χ0v) is 11.8. The fraction of sp³-hybridized carbons (Fsp3) is 0.933. The third kappa shape index (κ3) is 3.25. The lowest BCUT2D eigenvalue weighted by Crippen LogP contribution is -2.42. The number of nitrogens with zero attached hydrogens (tertiary/aromatic N) is 1. The summed E-state index contributed by atoms with van der Waals surface area (Å²) in [6.07, 6.45) is 7.23. The van der Waals surface area contributed by atoms with E-state index in [-0.39, 0.29) is 18.1 Å². The quantitative estimate of drug-likeness (QED) is 0.840. The average Bonchev–Trinajstić information content (AvgIpc) is 2.75. The van der Waals surface area contributed by atoms with Crippen LogP contribution in [-0.4, -0.2) is 34.6 Å². The van der Waals surface area contributed by atoms with Gasteiger partial charge in [0.2, 0.25) is 5.91 Å². The second-order valence-electron chi connectivity index (χ2n) is 6.38. The van der Waals surface area contributed by atoms with Crippen LogP contribution in [0.25, 0.3) is 0 Å². The number of aliphatic hydroxyl groups excluding tert-OH is 1. The van der Waals surface area contributed by atoms with Gasteiger partial charge in [-0.1, -0.05) is 19.8 Å². The maximum Gasteiger partial charge on any atom is 0.225 e. The van der Waals surface area contributed by atoms with E-state index in [4.69, 9.17) is 0 Å². The highest BCUT2D eigenvalue weighted by Crippen LogP contribution is 2.32. The Balaban J connectivity index is 1.94. The van der Waals surface area contributed by atoms with Gasteiger partial charge in [-0.2, -0.15) is 0 Å². The van der Waals surface area contributed by atoms with Crippen LogP contribution in [0.3, 0.4) is 0 Å². The van der Waals surface area contributed by atoms with Crippen molar-refractivity contribution in [2.75, 3.05) is 6.54 Å². The first-order valence-electron chi connectivity index (χ1n) is 7.56. The molecule has 3 nitrogen and oxygen atoms in total. The Morgan fingerprint density at radius 2 is 2.11 bits per heavy atom. The van der Waals surface area contributed by atoms with Crippen molar-refractivity contribution < 1.29 is 9.90 Å². The van der Waals surface area contributed by atoms with E-state index in [0.29, 0.717) is 11.8 Å². The van der Waals surface area contributed by atoms with Crippen LogP contribution in [0.5, 0.6) is 0 Å². The average molecular weight is 253 g/mol. The summed E-state index contributed by atoms with van der Waals surface area (Å²) in [5, 5.41) is 9.53. The van der Waals surface area contributed by atoms with Crippen molar-refractivity contribution in [3.8, 4) is 0 Å². The van der Waals surface area contributed by atoms with Gasteiger partial charge in [-0.3, -0.25) is 4.79 Å². The first-order chi connectivity index (χ1) is 8.58. The summed E-state index contributed by atoms with van der Waals surface area (Å²) in [6, 6.07) is 0.287. The van der Waals surface area contributed by atoms with Gasteiger partial charge in [0.1, 0.15) is 0 Å². The molecule has 4 atom stereocenters. The molecule has 2 rings (SSSR count). The summed E-state index contributed by atoms with van der Waals surface area (Å²) >= 11 is 0. The number of carbonyl (C=O) groups is 1. The van der Waals surface area contributed by atoms with Crippen molar-refractivity contribution >= 4 is 5.91 Å². The third-order valence-corrected chi connectivity index (χ3v) is 4.56. The number of rotatable bonds is 3. The number of hydrogen-bond acceptors (Lipinski definition) is 2. The van der Waals surface area contributed by atoms with Gasteiger partial charge in [0.15, 0.2) is 0 Å². The van der Waals surface area contributed by atoms with Crippen LogP contribution in [0.2, 0.25) is 0 Å². The fourth-order valence-electron chi connectivity index (χ4n) is 3.66. The maximum atomic E-state index is 12.6. The highest BCUT2D eigenvalue weighted by Gasteiger charge is 2.35. The molecule has 1 amide bonds. The number of likely N-dealkylation sites (tertiary alicyclic amines) is 1. The molecule has 0 aromatic carbocycles. The van der Waals surface area contributed by atoms with Gasteiger partial charge in [-0.05, 0) is 44.9 Å². The van der Waals surface area contributed by atoms with Crippen molar-refractivity contribution in [3.05, 3.63) is 0 Å². The van der Waals surface area contributed by atoms with Crippen molar-refractivity contribution in [1.82, 2.24) is 4.90 Å². The molecule has 2 aliphatic rings. The minimum absolute atomic E-state index is 0.253. The van der Waals surface area contributed by atoms with Gasteiger partial charge >= 0.3 is 0 Å². The molecule has 1 saturated carbocycles. The summed E-state index contributed by atoms with van der Waals surface area (Å²) < 4.78 is 0. The standard InChI is InChI=1S/C15H27NO2/c1-11-5-3-6-13(9-11)15(18)16-8-4-7-14(16)10-12(2)17/h11-14,17H,3-10H2,1-2H3. The van der Waals surface area contributed by atoms with Crippen LogP contribution in [0.1, 0.15) is 58.8 Å². The van der Waals surface area contributed by atoms with E-state index in [1.807, 2.05) is 6.92 Å². The van der Waals surface area contributed by atoms with Gasteiger partial charge < -0.3 is 10.0 Å². The molecular weight excluding hydrogens is 226 g/mol. The molecule has 0 aromatic rings. The lowest BCUT2D eigenvalue weighted by molar-refractivity contribution is -0.138. The Labute approximate surface area is 111 Å². The van der Waals surface area contributed by atoms with Gasteiger partial charge in [0.05, 0.1) is 6.10 Å². The second kappa shape index (κ2) is 6.05. The normalized spacial score (nSPS) is 34.6. The molecule has 1 aliphatic heterocycles. The summed E-state index contributed by atoms with van der Waals surface area (Å²) in [5.74, 6) is 1.32. The minimum atomic E-state index is -0.298. The van der Waals surface area contributed by atoms with Crippen molar-refractivity contribution in [2.45, 2.75) is 70.9 Å². The third-order valence-electron chi connectivity index (χ3n) is 4.56. The Kier molecular flexibility index (Phi) is 4.66. The second-order valence-corrected chi connectivity index (χ2v) is 6.38. The topological polar surface area (TPSA) is 40.5 Å². The van der Waals surface area contributed by atoms with Crippen molar-refractivity contribution in [1.29, 1.82) is 0 Å². The molecule has 0 spiro atoms. The molecule has 3 heteroatoms. The van der Waals surface area contributed by atoms with Crippen LogP contribution in [-0.2, 0) is 4.79 Å². The van der Waals surface area contributed by atoms with E-state index in [1.165, 1.54) is 12.8 Å². The molecule has 104 valence electrons. The van der Waals surface area contributed by atoms with E-state index in [0.717, 1.165) is 38.6 Å². The van der Waals surface area contributed by atoms with Crippen LogP contribution >= 0.6 is 0 Å². The monoisotopic (exact) mass is 253 g/mol. The summed E-state index contributed by atoms with van der Waals surface area (Å²) in [6.45, 7) is 4.99. The first kappa shape index (κ1) is 13.9. The van der Waals surface area contributed by atoms with E-state index in [9.17, 15) is 9.90 Å². The molecule has 4 unspecified atom stereocenters. The van der Waals surface area contributed by atoms with E-state index < -0.39 is 0 Å². The first-order valence-corrected chi connectivity index (χ1v) is 7.56. The molecule has 18 heavy (non-hydrogen) atoms. The summed E-state index contributed by atoms with van der Waals surface area (Å²) in [5.41, 5.74) is 0. The van der Waals surface area contributed by atoms with E-state index in [1.54, 1.807) is 0 Å². The lowest BCUT2D eigenvalue weighted by atomic mass is 9.81. The Hall–Kier alpha value is -0.570. The Morgan fingerprint density at radius 3 is 2.78 bits per heavy atom. The molecule has 2 fully saturated rings. The Bertz CT molecular complexity index is 290. The van der Waals surface area contributed by atoms with Crippen molar-refractivity contribution in [2.24, 2.45) is 11.8 Å². The lowest BCUT2D eigenvalue weighted by Gasteiger charge is -2.33. The smallest absolute Gasteiger partial charge is 0.225 e. The number of aliphatic hydroxyl groups is 1. The summed E-state index contributed by atoms with van der Waals surface area (Å²) in [4.78, 5) is 14.6. The van der Waals surface area contributed by atoms with Crippen molar-refractivity contribution in [3.63, 3.8) is 0 Å². The van der Waals surface area contributed by atoms with Crippen LogP contribution in [0, 0.1) is 11.8 Å². The summed E-state index contributed by atoms with van der Waals surface area (Å²) in [7, 11) is 0. The molecule has 1 saturated heterocycles. The van der Waals surface area contributed by atoms with Crippen LogP contribution in [0.15, 0.2) is 0 Å². The fourth-order valence-corrected chi connectivity index (χ4v) is 3.66. The molecule has 1 aliphatic carbocycles. The van der Waals surface area contributed by atoms with Gasteiger partial charge in [0, 0.05) is 18.5 Å². The van der Waals surface area contributed by atoms with E-state index >= 15 is 0 Å². The molecular formula is C15H27NO2. The number of hydrogen-bond donors (Lipinski definition) is 1. The number of amides is 1. The predicted molar refractivity (Wildman–Crippen MR) is 72.2 cm³/mol. The number of carbonyl (C=O) groups excluding carboxylic acids is 1. The van der Waals surface area contributed by atoms with Crippen LogP contribution < -0.4 is 0 Å². The van der Waals surface area contributed by atoms with Gasteiger partial charge in [0.25, 0.3) is 0 Å². The molecule has 0 radical (unpaired) electrons. The Morgan fingerprint density at radius 1 is 1.33 bits per heavy atom. The highest BCUT2D eigenvalue weighted by atomic mass is 16.3. The molecule has 0 bridgehead atoms. The van der Waals surface area contributed by atoms with Crippen LogP contribution in [0.4, 0.5) is 0 Å². The SMILES string of the molecule is CC(O)CC1CCCN1C(=O)C1CCCC(C)C1. The maximum absolute atomic E-state index is 12.6. The van der Waals surface area contributed by atoms with Gasteiger partial charge in [-0.25, -0.2) is 0 Å². The largest absolute Gasteiger partial charge is 0.393 e. The minimum Gasteiger partial charge on any atom is -0.393 e. The molecule has 1 heterocycles. The molecule has 1 N–H and O–H groups in total. The van der Waals surface area contributed by atoms with Gasteiger partial charge in [-0.15, -0.1) is 0 Å². The zero-order chi connectivity index (χ0) is 13.1. The van der Waals surface area contributed by atoms with E-state index in [2.05, 4.69) is 11.8 Å².